The van der Waals surface area contributed by atoms with Gasteiger partial charge in [0.2, 0.25) is 0 Å². The zero-order chi connectivity index (χ0) is 11.5. The molecule has 1 aromatic carbocycles. The van der Waals surface area contributed by atoms with Gasteiger partial charge in [-0.05, 0) is 38.0 Å². The summed E-state index contributed by atoms with van der Waals surface area (Å²) in [7, 11) is 0. The van der Waals surface area contributed by atoms with Crippen LogP contribution in [0.1, 0.15) is 26.3 Å². The van der Waals surface area contributed by atoms with Crippen molar-refractivity contribution >= 4 is 5.69 Å². The Bertz CT molecular complexity index is 331. The van der Waals surface area contributed by atoms with Gasteiger partial charge in [0.15, 0.2) is 0 Å². The van der Waals surface area contributed by atoms with Crippen LogP contribution in [0.2, 0.25) is 0 Å². The molecule has 0 amide bonds. The molecule has 0 bridgehead atoms. The summed E-state index contributed by atoms with van der Waals surface area (Å²) in [6.07, 6.45) is 1.12. The van der Waals surface area contributed by atoms with Gasteiger partial charge in [0.25, 0.3) is 0 Å². The van der Waals surface area contributed by atoms with Crippen LogP contribution in [0.5, 0.6) is 0 Å². The van der Waals surface area contributed by atoms with Gasteiger partial charge in [-0.1, -0.05) is 19.1 Å². The summed E-state index contributed by atoms with van der Waals surface area (Å²) < 4.78 is 0. The van der Waals surface area contributed by atoms with Crippen LogP contribution in [-0.4, -0.2) is 25.2 Å². The molecule has 1 aliphatic heterocycles. The molecule has 0 aromatic heterocycles. The molecule has 0 aliphatic carbocycles. The smallest absolute Gasteiger partial charge is 0.0387 e. The Kier molecular flexibility index (Phi) is 3.49. The number of nitrogens with zero attached hydrogens (tertiary/aromatic N) is 1. The lowest BCUT2D eigenvalue weighted by molar-refractivity contribution is 0.425. The molecule has 16 heavy (non-hydrogen) atoms. The maximum absolute atomic E-state index is 3.51. The van der Waals surface area contributed by atoms with Crippen LogP contribution in [0.4, 0.5) is 5.69 Å². The van der Waals surface area contributed by atoms with Crippen molar-refractivity contribution in [2.45, 2.75) is 39.3 Å². The highest BCUT2D eigenvalue weighted by Gasteiger charge is 2.22. The summed E-state index contributed by atoms with van der Waals surface area (Å²) in [5.41, 5.74) is 2.78. The maximum Gasteiger partial charge on any atom is 0.0387 e. The predicted molar refractivity (Wildman–Crippen MR) is 70.1 cm³/mol. The lowest BCUT2D eigenvalue weighted by Crippen LogP contribution is -2.54. The van der Waals surface area contributed by atoms with Gasteiger partial charge in [-0.15, -0.1) is 0 Å². The quantitative estimate of drug-likeness (QED) is 0.820. The number of piperazine rings is 1. The maximum atomic E-state index is 3.51. The fourth-order valence-electron chi connectivity index (χ4n) is 2.30. The molecule has 2 atom stereocenters. The van der Waals surface area contributed by atoms with Crippen molar-refractivity contribution in [2.75, 3.05) is 18.0 Å². The van der Waals surface area contributed by atoms with Crippen LogP contribution in [0, 0.1) is 0 Å². The largest absolute Gasteiger partial charge is 0.366 e. The van der Waals surface area contributed by atoms with E-state index >= 15 is 0 Å². The molecule has 0 radical (unpaired) electrons. The molecule has 0 unspecified atom stereocenters. The standard InChI is InChI=1S/C14H22N2/c1-4-13-5-7-14(8-6-13)16-10-11(2)15-9-12(16)3/h5-8,11-12,15H,4,9-10H2,1-3H3/t11-,12+/m0/s1. The molecule has 2 heteroatoms. The second-order valence-corrected chi connectivity index (χ2v) is 4.83. The highest BCUT2D eigenvalue weighted by molar-refractivity contribution is 5.49. The summed E-state index contributed by atoms with van der Waals surface area (Å²) >= 11 is 0. The van der Waals surface area contributed by atoms with E-state index in [1.54, 1.807) is 0 Å². The van der Waals surface area contributed by atoms with Crippen molar-refractivity contribution in [3.63, 3.8) is 0 Å². The molecule has 2 nitrogen and oxygen atoms in total. The van der Waals surface area contributed by atoms with Crippen LogP contribution < -0.4 is 10.2 Å². The number of nitrogens with one attached hydrogen (secondary N) is 1. The number of rotatable bonds is 2. The van der Waals surface area contributed by atoms with Crippen molar-refractivity contribution in [3.05, 3.63) is 29.8 Å². The van der Waals surface area contributed by atoms with E-state index in [9.17, 15) is 0 Å². The Morgan fingerprint density at radius 2 is 1.94 bits per heavy atom. The lowest BCUT2D eigenvalue weighted by Gasteiger charge is -2.39. The third kappa shape index (κ3) is 2.38. The molecule has 1 N–H and O–H groups in total. The Morgan fingerprint density at radius 1 is 1.25 bits per heavy atom. The number of hydrogen-bond donors (Lipinski definition) is 1. The third-order valence-electron chi connectivity index (χ3n) is 3.44. The first-order valence-corrected chi connectivity index (χ1v) is 6.29. The summed E-state index contributed by atoms with van der Waals surface area (Å²) in [6.45, 7) is 8.92. The van der Waals surface area contributed by atoms with Gasteiger partial charge < -0.3 is 10.2 Å². The van der Waals surface area contributed by atoms with E-state index in [-0.39, 0.29) is 0 Å². The first kappa shape index (κ1) is 11.5. The van der Waals surface area contributed by atoms with Crippen LogP contribution >= 0.6 is 0 Å². The predicted octanol–water partition coefficient (Wildman–Crippen LogP) is 2.44. The van der Waals surface area contributed by atoms with Crippen molar-refractivity contribution in [3.8, 4) is 0 Å². The van der Waals surface area contributed by atoms with Gasteiger partial charge >= 0.3 is 0 Å². The molecular weight excluding hydrogens is 196 g/mol. The normalized spacial score (nSPS) is 25.8. The topological polar surface area (TPSA) is 15.3 Å². The highest BCUT2D eigenvalue weighted by Crippen LogP contribution is 2.20. The number of benzene rings is 1. The van der Waals surface area contributed by atoms with Crippen molar-refractivity contribution in [1.82, 2.24) is 5.32 Å². The minimum absolute atomic E-state index is 0.585. The molecule has 2 rings (SSSR count). The summed E-state index contributed by atoms with van der Waals surface area (Å²) in [6, 6.07) is 10.2. The van der Waals surface area contributed by atoms with E-state index in [4.69, 9.17) is 0 Å². The van der Waals surface area contributed by atoms with E-state index in [2.05, 4.69) is 55.3 Å². The Hall–Kier alpha value is -1.02. The van der Waals surface area contributed by atoms with Crippen LogP contribution in [0.25, 0.3) is 0 Å². The van der Waals surface area contributed by atoms with E-state index in [1.165, 1.54) is 11.3 Å². The van der Waals surface area contributed by atoms with Gasteiger partial charge in [0.1, 0.15) is 0 Å². The van der Waals surface area contributed by atoms with E-state index in [0.717, 1.165) is 19.5 Å². The van der Waals surface area contributed by atoms with Crippen LogP contribution in [0.3, 0.4) is 0 Å². The summed E-state index contributed by atoms with van der Waals surface area (Å²) in [5.74, 6) is 0. The molecule has 0 saturated carbocycles. The van der Waals surface area contributed by atoms with Crippen LogP contribution in [-0.2, 0) is 6.42 Å². The zero-order valence-electron chi connectivity index (χ0n) is 10.5. The summed E-state index contributed by atoms with van der Waals surface area (Å²) in [5, 5.41) is 3.51. The van der Waals surface area contributed by atoms with E-state index < -0.39 is 0 Å². The first-order valence-electron chi connectivity index (χ1n) is 6.29. The monoisotopic (exact) mass is 218 g/mol. The van der Waals surface area contributed by atoms with Gasteiger partial charge in [0, 0.05) is 30.9 Å². The average Bonchev–Trinajstić information content (AvgIpc) is 2.32. The SMILES string of the molecule is CCc1ccc(N2C[C@H](C)NC[C@H]2C)cc1. The second kappa shape index (κ2) is 4.88. The highest BCUT2D eigenvalue weighted by atomic mass is 15.2. The molecular formula is C14H22N2. The molecule has 88 valence electrons. The molecule has 0 spiro atoms. The van der Waals surface area contributed by atoms with Gasteiger partial charge in [-0.25, -0.2) is 0 Å². The Balaban J connectivity index is 2.15. The molecule has 1 fully saturated rings. The Morgan fingerprint density at radius 3 is 2.56 bits per heavy atom. The number of anilines is 1. The van der Waals surface area contributed by atoms with Crippen molar-refractivity contribution in [2.24, 2.45) is 0 Å². The van der Waals surface area contributed by atoms with Crippen molar-refractivity contribution in [1.29, 1.82) is 0 Å². The zero-order valence-corrected chi connectivity index (χ0v) is 10.5. The van der Waals surface area contributed by atoms with Gasteiger partial charge in [0.05, 0.1) is 0 Å². The summed E-state index contributed by atoms with van der Waals surface area (Å²) in [4.78, 5) is 2.50. The minimum Gasteiger partial charge on any atom is -0.366 e. The van der Waals surface area contributed by atoms with Crippen molar-refractivity contribution < 1.29 is 0 Å². The van der Waals surface area contributed by atoms with Crippen LogP contribution in [0.15, 0.2) is 24.3 Å². The van der Waals surface area contributed by atoms with Gasteiger partial charge in [-0.2, -0.15) is 0 Å². The fraction of sp³-hybridized carbons (Fsp3) is 0.571. The van der Waals surface area contributed by atoms with E-state index in [1.807, 2.05) is 0 Å². The van der Waals surface area contributed by atoms with E-state index in [0.29, 0.717) is 12.1 Å². The average molecular weight is 218 g/mol. The molecule has 1 saturated heterocycles. The number of hydrogen-bond acceptors (Lipinski definition) is 2. The minimum atomic E-state index is 0.585. The first-order chi connectivity index (χ1) is 7.70. The molecule has 1 aliphatic rings. The molecule has 1 aromatic rings. The molecule has 1 heterocycles. The Labute approximate surface area is 98.7 Å². The van der Waals surface area contributed by atoms with Gasteiger partial charge in [-0.3, -0.25) is 0 Å². The fourth-order valence-corrected chi connectivity index (χ4v) is 2.30. The number of aryl methyl sites for hydroxylation is 1. The lowest BCUT2D eigenvalue weighted by atomic mass is 10.1. The third-order valence-corrected chi connectivity index (χ3v) is 3.44. The second-order valence-electron chi connectivity index (χ2n) is 4.83.